The maximum absolute atomic E-state index is 11.6. The van der Waals surface area contributed by atoms with Crippen LogP contribution in [0.1, 0.15) is 50.2 Å². The first kappa shape index (κ1) is 16.3. The van der Waals surface area contributed by atoms with Gasteiger partial charge in [0.15, 0.2) is 0 Å². The van der Waals surface area contributed by atoms with Gasteiger partial charge in [-0.1, -0.05) is 50.2 Å². The lowest BCUT2D eigenvalue weighted by Crippen LogP contribution is -2.22. The Morgan fingerprint density at radius 2 is 1.95 bits per heavy atom. The summed E-state index contributed by atoms with van der Waals surface area (Å²) in [5.41, 5.74) is 7.36. The number of amides is 1. The first-order valence-electron chi connectivity index (χ1n) is 7.31. The lowest BCUT2D eigenvalue weighted by Gasteiger charge is -2.05. The fourth-order valence-corrected chi connectivity index (χ4v) is 1.86. The van der Waals surface area contributed by atoms with E-state index in [9.17, 15) is 4.79 Å². The van der Waals surface area contributed by atoms with Gasteiger partial charge in [0.25, 0.3) is 0 Å². The molecule has 0 aliphatic carbocycles. The Labute approximate surface area is 121 Å². The Morgan fingerprint density at radius 1 is 1.20 bits per heavy atom. The van der Waals surface area contributed by atoms with Crippen molar-refractivity contribution >= 4 is 5.91 Å². The summed E-state index contributed by atoms with van der Waals surface area (Å²) >= 11 is 0. The lowest BCUT2D eigenvalue weighted by atomic mass is 10.1. The van der Waals surface area contributed by atoms with E-state index >= 15 is 0 Å². The molecule has 3 N–H and O–H groups in total. The van der Waals surface area contributed by atoms with E-state index in [1.165, 1.54) is 12.8 Å². The molecule has 1 aromatic rings. The summed E-state index contributed by atoms with van der Waals surface area (Å²) < 4.78 is 0. The molecular formula is C17H24N2O. The largest absolute Gasteiger partial charge is 0.352 e. The van der Waals surface area contributed by atoms with Crippen molar-refractivity contribution in [1.29, 1.82) is 0 Å². The number of rotatable bonds is 7. The highest BCUT2D eigenvalue weighted by Gasteiger charge is 2.01. The zero-order chi connectivity index (χ0) is 14.6. The maximum atomic E-state index is 11.6. The van der Waals surface area contributed by atoms with E-state index in [2.05, 4.69) is 24.1 Å². The van der Waals surface area contributed by atoms with Crippen LogP contribution >= 0.6 is 0 Å². The maximum Gasteiger partial charge on any atom is 0.220 e. The first-order valence-corrected chi connectivity index (χ1v) is 7.31. The van der Waals surface area contributed by atoms with Gasteiger partial charge in [0.1, 0.15) is 0 Å². The van der Waals surface area contributed by atoms with Crippen molar-refractivity contribution in [3.05, 3.63) is 35.4 Å². The van der Waals surface area contributed by atoms with Gasteiger partial charge in [-0.2, -0.15) is 0 Å². The second kappa shape index (κ2) is 10.1. The molecule has 0 aliphatic heterocycles. The Morgan fingerprint density at radius 3 is 2.60 bits per heavy atom. The van der Waals surface area contributed by atoms with Crippen molar-refractivity contribution in [2.45, 2.75) is 45.6 Å². The van der Waals surface area contributed by atoms with Crippen LogP contribution in [-0.4, -0.2) is 12.5 Å². The van der Waals surface area contributed by atoms with E-state index in [0.29, 0.717) is 19.5 Å². The van der Waals surface area contributed by atoms with Crippen LogP contribution in [0.5, 0.6) is 0 Å². The molecule has 0 unspecified atom stereocenters. The fraction of sp³-hybridized carbons (Fsp3) is 0.471. The molecule has 0 aliphatic rings. The van der Waals surface area contributed by atoms with Crippen LogP contribution in [0.15, 0.2) is 24.3 Å². The molecule has 0 saturated heterocycles. The Bertz CT molecular complexity index is 454. The molecule has 0 aromatic heterocycles. The van der Waals surface area contributed by atoms with Gasteiger partial charge in [-0.15, -0.1) is 0 Å². The van der Waals surface area contributed by atoms with Crippen molar-refractivity contribution in [2.24, 2.45) is 5.73 Å². The summed E-state index contributed by atoms with van der Waals surface area (Å²) in [6, 6.07) is 7.87. The smallest absolute Gasteiger partial charge is 0.220 e. The minimum Gasteiger partial charge on any atom is -0.352 e. The molecule has 20 heavy (non-hydrogen) atoms. The van der Waals surface area contributed by atoms with E-state index in [1.807, 2.05) is 24.3 Å². The van der Waals surface area contributed by atoms with Crippen LogP contribution in [0.3, 0.4) is 0 Å². The van der Waals surface area contributed by atoms with Crippen LogP contribution in [-0.2, 0) is 11.3 Å². The second-order valence-corrected chi connectivity index (χ2v) is 4.79. The van der Waals surface area contributed by atoms with Crippen LogP contribution in [0, 0.1) is 11.8 Å². The van der Waals surface area contributed by atoms with Gasteiger partial charge in [-0.3, -0.25) is 4.79 Å². The number of carbonyl (C=O) groups excluding carboxylic acids is 1. The van der Waals surface area contributed by atoms with E-state index < -0.39 is 0 Å². The van der Waals surface area contributed by atoms with Crippen LogP contribution < -0.4 is 11.1 Å². The number of carbonyl (C=O) groups is 1. The Kier molecular flexibility index (Phi) is 8.17. The summed E-state index contributed by atoms with van der Waals surface area (Å²) in [6.07, 6.45) is 5.14. The van der Waals surface area contributed by atoms with Crippen LogP contribution in [0.2, 0.25) is 0 Å². The van der Waals surface area contributed by atoms with E-state index in [-0.39, 0.29) is 5.91 Å². The summed E-state index contributed by atoms with van der Waals surface area (Å²) in [4.78, 5) is 11.6. The average molecular weight is 272 g/mol. The van der Waals surface area contributed by atoms with E-state index in [1.54, 1.807) is 0 Å². The summed E-state index contributed by atoms with van der Waals surface area (Å²) in [7, 11) is 0. The molecule has 1 rings (SSSR count). The predicted molar refractivity (Wildman–Crippen MR) is 83.0 cm³/mol. The number of hydrogen-bond acceptors (Lipinski definition) is 2. The van der Waals surface area contributed by atoms with Crippen molar-refractivity contribution < 1.29 is 4.79 Å². The molecule has 1 amide bonds. The normalized spacial score (nSPS) is 9.70. The Hall–Kier alpha value is -1.79. The van der Waals surface area contributed by atoms with Gasteiger partial charge < -0.3 is 11.1 Å². The van der Waals surface area contributed by atoms with Crippen LogP contribution in [0.25, 0.3) is 0 Å². The SMILES string of the molecule is CCCCCCC(=O)NCc1ccc(C#CCN)cc1. The highest BCUT2D eigenvalue weighted by atomic mass is 16.1. The Balaban J connectivity index is 2.29. The van der Waals surface area contributed by atoms with Gasteiger partial charge in [0.05, 0.1) is 6.54 Å². The van der Waals surface area contributed by atoms with Crippen LogP contribution in [0.4, 0.5) is 0 Å². The second-order valence-electron chi connectivity index (χ2n) is 4.79. The molecule has 0 bridgehead atoms. The quantitative estimate of drug-likeness (QED) is 0.592. The zero-order valence-corrected chi connectivity index (χ0v) is 12.2. The zero-order valence-electron chi connectivity index (χ0n) is 12.2. The van der Waals surface area contributed by atoms with Gasteiger partial charge >= 0.3 is 0 Å². The van der Waals surface area contributed by atoms with Gasteiger partial charge in [0, 0.05) is 18.5 Å². The lowest BCUT2D eigenvalue weighted by molar-refractivity contribution is -0.121. The number of benzene rings is 1. The predicted octanol–water partition coefficient (Wildman–Crippen LogP) is 2.58. The van der Waals surface area contributed by atoms with Crippen molar-refractivity contribution in [1.82, 2.24) is 5.32 Å². The summed E-state index contributed by atoms with van der Waals surface area (Å²) in [5, 5.41) is 2.94. The molecule has 0 radical (unpaired) electrons. The molecule has 108 valence electrons. The highest BCUT2D eigenvalue weighted by Crippen LogP contribution is 2.05. The number of nitrogens with one attached hydrogen (secondary N) is 1. The van der Waals surface area contributed by atoms with E-state index in [0.717, 1.165) is 24.0 Å². The molecule has 0 heterocycles. The number of unbranched alkanes of at least 4 members (excludes halogenated alkanes) is 3. The standard InChI is InChI=1S/C17H24N2O/c1-2-3-4-5-8-17(20)19-14-16-11-9-15(10-12-16)7-6-13-18/h9-12H,2-5,8,13-14,18H2,1H3,(H,19,20). The minimum atomic E-state index is 0.133. The third kappa shape index (κ3) is 6.96. The molecular weight excluding hydrogens is 248 g/mol. The number of nitrogens with two attached hydrogens (primary N) is 1. The molecule has 0 atom stereocenters. The fourth-order valence-electron chi connectivity index (χ4n) is 1.86. The molecule has 0 fully saturated rings. The van der Waals surface area contributed by atoms with Gasteiger partial charge in [0.2, 0.25) is 5.91 Å². The van der Waals surface area contributed by atoms with Crippen molar-refractivity contribution in [3.63, 3.8) is 0 Å². The molecule has 0 spiro atoms. The topological polar surface area (TPSA) is 55.1 Å². The number of hydrogen-bond donors (Lipinski definition) is 2. The molecule has 0 saturated carbocycles. The minimum absolute atomic E-state index is 0.133. The third-order valence-corrected chi connectivity index (χ3v) is 3.04. The van der Waals surface area contributed by atoms with Gasteiger partial charge in [-0.25, -0.2) is 0 Å². The average Bonchev–Trinajstić information content (AvgIpc) is 2.48. The third-order valence-electron chi connectivity index (χ3n) is 3.04. The van der Waals surface area contributed by atoms with Gasteiger partial charge in [-0.05, 0) is 24.1 Å². The monoisotopic (exact) mass is 272 g/mol. The molecule has 3 heteroatoms. The van der Waals surface area contributed by atoms with Crippen molar-refractivity contribution in [2.75, 3.05) is 6.54 Å². The first-order chi connectivity index (χ1) is 9.76. The molecule has 1 aromatic carbocycles. The highest BCUT2D eigenvalue weighted by molar-refractivity contribution is 5.75. The molecule has 3 nitrogen and oxygen atoms in total. The van der Waals surface area contributed by atoms with E-state index in [4.69, 9.17) is 5.73 Å². The summed E-state index contributed by atoms with van der Waals surface area (Å²) in [6.45, 7) is 3.12. The summed E-state index contributed by atoms with van der Waals surface area (Å²) in [5.74, 6) is 5.92. The van der Waals surface area contributed by atoms with Crippen molar-refractivity contribution in [3.8, 4) is 11.8 Å².